The molecule has 0 atom stereocenters. The number of aromatic nitrogens is 2. The molecule has 0 amide bonds. The molecule has 27 heavy (non-hydrogen) atoms. The number of rotatable bonds is 6. The Morgan fingerprint density at radius 2 is 1.93 bits per heavy atom. The van der Waals surface area contributed by atoms with E-state index in [0.717, 1.165) is 37.3 Å². The maximum Gasteiger partial charge on any atom is 0.152 e. The summed E-state index contributed by atoms with van der Waals surface area (Å²) in [7, 11) is 0. The highest BCUT2D eigenvalue weighted by molar-refractivity contribution is 6.43. The Labute approximate surface area is 171 Å². The molecule has 1 saturated heterocycles. The second-order valence-corrected chi connectivity index (χ2v) is 8.16. The van der Waals surface area contributed by atoms with Crippen molar-refractivity contribution in [2.75, 3.05) is 18.0 Å². The molecule has 1 N–H and O–H groups in total. The largest absolute Gasteiger partial charge is 0.390 e. The fourth-order valence-corrected chi connectivity index (χ4v) is 4.52. The van der Waals surface area contributed by atoms with Crippen molar-refractivity contribution in [2.45, 2.75) is 52.6 Å². The minimum atomic E-state index is -0.154. The van der Waals surface area contributed by atoms with E-state index >= 15 is 0 Å². The Bertz CT molecular complexity index is 789. The number of aliphatic hydroxyl groups is 1. The number of nitrogens with zero attached hydrogens (tertiary/aromatic N) is 3. The third-order valence-electron chi connectivity index (χ3n) is 5.85. The second kappa shape index (κ2) is 8.76. The van der Waals surface area contributed by atoms with E-state index in [4.69, 9.17) is 23.2 Å². The van der Waals surface area contributed by atoms with E-state index in [2.05, 4.69) is 28.7 Å². The lowest BCUT2D eigenvalue weighted by molar-refractivity contribution is 0.187. The van der Waals surface area contributed by atoms with E-state index < -0.39 is 0 Å². The first-order valence-electron chi connectivity index (χ1n) is 9.69. The number of benzene rings is 1. The summed E-state index contributed by atoms with van der Waals surface area (Å²) in [5, 5.41) is 10.8. The van der Waals surface area contributed by atoms with Crippen molar-refractivity contribution in [2.24, 2.45) is 5.41 Å². The zero-order valence-corrected chi connectivity index (χ0v) is 17.5. The smallest absolute Gasteiger partial charge is 0.152 e. The van der Waals surface area contributed by atoms with Gasteiger partial charge >= 0.3 is 0 Å². The SMILES string of the molecule is CCCC1(CC)CCN(c2ncc(-c3cccc(Cl)c3Cl)nc2CO)CC1. The van der Waals surface area contributed by atoms with Crippen molar-refractivity contribution < 1.29 is 5.11 Å². The van der Waals surface area contributed by atoms with Crippen LogP contribution in [-0.2, 0) is 6.61 Å². The molecule has 3 rings (SSSR count). The highest BCUT2D eigenvalue weighted by Gasteiger charge is 2.33. The predicted molar refractivity (Wildman–Crippen MR) is 112 cm³/mol. The fraction of sp³-hybridized carbons (Fsp3) is 0.524. The van der Waals surface area contributed by atoms with Crippen molar-refractivity contribution in [3.8, 4) is 11.3 Å². The molecule has 1 fully saturated rings. The van der Waals surface area contributed by atoms with E-state index in [9.17, 15) is 5.11 Å². The summed E-state index contributed by atoms with van der Waals surface area (Å²) in [6.45, 7) is 6.31. The summed E-state index contributed by atoms with van der Waals surface area (Å²) in [6.07, 6.45) is 7.77. The Hall–Kier alpha value is -1.36. The van der Waals surface area contributed by atoms with Crippen molar-refractivity contribution in [1.29, 1.82) is 0 Å². The van der Waals surface area contributed by atoms with Crippen molar-refractivity contribution >= 4 is 29.0 Å². The average molecular weight is 408 g/mol. The van der Waals surface area contributed by atoms with Crippen LogP contribution < -0.4 is 4.90 Å². The summed E-state index contributed by atoms with van der Waals surface area (Å²) < 4.78 is 0. The van der Waals surface area contributed by atoms with Gasteiger partial charge in [-0.1, -0.05) is 62.0 Å². The predicted octanol–water partition coefficient (Wildman–Crippen LogP) is 5.74. The van der Waals surface area contributed by atoms with Crippen LogP contribution in [0.2, 0.25) is 10.0 Å². The zero-order chi connectivity index (χ0) is 19.4. The van der Waals surface area contributed by atoms with Gasteiger partial charge in [-0.05, 0) is 30.7 Å². The van der Waals surface area contributed by atoms with Crippen LogP contribution in [0.5, 0.6) is 0 Å². The molecular formula is C21H27Cl2N3O. The van der Waals surface area contributed by atoms with Crippen LogP contribution in [0, 0.1) is 5.41 Å². The Balaban J connectivity index is 1.85. The zero-order valence-electron chi connectivity index (χ0n) is 16.0. The van der Waals surface area contributed by atoms with Gasteiger partial charge in [-0.25, -0.2) is 9.97 Å². The van der Waals surface area contributed by atoms with Gasteiger partial charge in [0.2, 0.25) is 0 Å². The van der Waals surface area contributed by atoms with Gasteiger partial charge in [0.15, 0.2) is 5.82 Å². The number of hydrogen-bond donors (Lipinski definition) is 1. The van der Waals surface area contributed by atoms with Gasteiger partial charge in [0.25, 0.3) is 0 Å². The molecule has 2 heterocycles. The van der Waals surface area contributed by atoms with Crippen molar-refractivity contribution in [3.05, 3.63) is 40.1 Å². The molecule has 0 saturated carbocycles. The molecule has 146 valence electrons. The molecule has 1 aliphatic rings. The molecular weight excluding hydrogens is 381 g/mol. The van der Waals surface area contributed by atoms with Crippen LogP contribution in [0.3, 0.4) is 0 Å². The summed E-state index contributed by atoms with van der Waals surface area (Å²) in [5.41, 5.74) is 2.39. The summed E-state index contributed by atoms with van der Waals surface area (Å²) in [4.78, 5) is 11.5. The minimum absolute atomic E-state index is 0.154. The lowest BCUT2D eigenvalue weighted by Gasteiger charge is -2.42. The van der Waals surface area contributed by atoms with Crippen LogP contribution in [-0.4, -0.2) is 28.2 Å². The summed E-state index contributed by atoms with van der Waals surface area (Å²) in [5.74, 6) is 0.778. The van der Waals surface area contributed by atoms with Crippen LogP contribution in [0.15, 0.2) is 24.4 Å². The number of hydrogen-bond acceptors (Lipinski definition) is 4. The quantitative estimate of drug-likeness (QED) is 0.662. The summed E-state index contributed by atoms with van der Waals surface area (Å²) >= 11 is 12.4. The van der Waals surface area contributed by atoms with E-state index in [0.29, 0.717) is 26.8 Å². The molecule has 4 nitrogen and oxygen atoms in total. The molecule has 1 aromatic carbocycles. The van der Waals surface area contributed by atoms with Crippen molar-refractivity contribution in [3.63, 3.8) is 0 Å². The monoisotopic (exact) mass is 407 g/mol. The summed E-state index contributed by atoms with van der Waals surface area (Å²) in [6, 6.07) is 5.44. The first-order valence-corrected chi connectivity index (χ1v) is 10.4. The molecule has 0 radical (unpaired) electrons. The maximum atomic E-state index is 9.89. The van der Waals surface area contributed by atoms with E-state index in [1.54, 1.807) is 12.3 Å². The number of piperidine rings is 1. The van der Waals surface area contributed by atoms with Crippen molar-refractivity contribution in [1.82, 2.24) is 9.97 Å². The highest BCUT2D eigenvalue weighted by Crippen LogP contribution is 2.40. The fourth-order valence-electron chi connectivity index (χ4n) is 4.13. The third-order valence-corrected chi connectivity index (χ3v) is 6.67. The second-order valence-electron chi connectivity index (χ2n) is 7.38. The lowest BCUT2D eigenvalue weighted by Crippen LogP contribution is -2.40. The van der Waals surface area contributed by atoms with Gasteiger partial charge in [-0.3, -0.25) is 0 Å². The van der Waals surface area contributed by atoms with Gasteiger partial charge in [-0.15, -0.1) is 0 Å². The lowest BCUT2D eigenvalue weighted by atomic mass is 9.73. The standard InChI is InChI=1S/C21H27Cl2N3O/c1-3-8-21(4-2)9-11-26(12-10-21)20-18(14-27)25-17(13-24-20)15-6-5-7-16(22)19(15)23/h5-7,13,27H,3-4,8-12,14H2,1-2H3. The molecule has 1 aromatic heterocycles. The molecule has 0 spiro atoms. The number of halogens is 2. The van der Waals surface area contributed by atoms with Crippen LogP contribution >= 0.6 is 23.2 Å². The van der Waals surface area contributed by atoms with E-state index in [1.165, 1.54) is 19.3 Å². The van der Waals surface area contributed by atoms with Gasteiger partial charge in [0.05, 0.1) is 28.5 Å². The average Bonchev–Trinajstić information content (AvgIpc) is 2.70. The highest BCUT2D eigenvalue weighted by atomic mass is 35.5. The molecule has 2 aromatic rings. The minimum Gasteiger partial charge on any atom is -0.390 e. The molecule has 0 bridgehead atoms. The van der Waals surface area contributed by atoms with Crippen LogP contribution in [0.1, 0.15) is 51.6 Å². The number of anilines is 1. The Kier molecular flexibility index (Phi) is 6.61. The van der Waals surface area contributed by atoms with Gasteiger partial charge in [-0.2, -0.15) is 0 Å². The van der Waals surface area contributed by atoms with Crippen LogP contribution in [0.25, 0.3) is 11.3 Å². The van der Waals surface area contributed by atoms with E-state index in [1.807, 2.05) is 12.1 Å². The first kappa shape index (κ1) is 20.4. The number of aliphatic hydroxyl groups excluding tert-OH is 1. The van der Waals surface area contributed by atoms with Gasteiger partial charge in [0, 0.05) is 18.7 Å². The Morgan fingerprint density at radius 3 is 2.56 bits per heavy atom. The van der Waals surface area contributed by atoms with Gasteiger partial charge < -0.3 is 10.0 Å². The van der Waals surface area contributed by atoms with E-state index in [-0.39, 0.29) is 6.61 Å². The van der Waals surface area contributed by atoms with Gasteiger partial charge in [0.1, 0.15) is 5.69 Å². The molecule has 6 heteroatoms. The topological polar surface area (TPSA) is 49.2 Å². The first-order chi connectivity index (χ1) is 13.0. The normalized spacial score (nSPS) is 16.6. The third kappa shape index (κ3) is 4.23. The Morgan fingerprint density at radius 1 is 1.19 bits per heavy atom. The van der Waals surface area contributed by atoms with Crippen LogP contribution in [0.4, 0.5) is 5.82 Å². The maximum absolute atomic E-state index is 9.89. The molecule has 0 aliphatic carbocycles. The molecule has 1 aliphatic heterocycles. The molecule has 0 unspecified atom stereocenters.